The standard InChI is InChI=1S/C9H12Cl2N2O2/c1-2-15-5-3-4-13-6-12-8(11)7(10)9(13)14/h6H,2-5H2,1H3. The zero-order valence-electron chi connectivity index (χ0n) is 8.37. The SMILES string of the molecule is CCOCCCn1cnc(Cl)c(Cl)c1=O. The minimum atomic E-state index is -0.312. The number of halogens is 2. The molecule has 15 heavy (non-hydrogen) atoms. The van der Waals surface area contributed by atoms with Gasteiger partial charge >= 0.3 is 0 Å². The molecule has 0 fully saturated rings. The lowest BCUT2D eigenvalue weighted by molar-refractivity contribution is 0.141. The molecule has 6 heteroatoms. The zero-order valence-corrected chi connectivity index (χ0v) is 9.88. The third-order valence-electron chi connectivity index (χ3n) is 1.83. The van der Waals surface area contributed by atoms with Crippen molar-refractivity contribution in [2.24, 2.45) is 0 Å². The highest BCUT2D eigenvalue weighted by atomic mass is 35.5. The summed E-state index contributed by atoms with van der Waals surface area (Å²) in [5.74, 6) is 0. The topological polar surface area (TPSA) is 44.1 Å². The van der Waals surface area contributed by atoms with Gasteiger partial charge in [0.1, 0.15) is 5.02 Å². The maximum absolute atomic E-state index is 11.5. The van der Waals surface area contributed by atoms with E-state index >= 15 is 0 Å². The molecule has 0 bridgehead atoms. The second kappa shape index (κ2) is 6.10. The first kappa shape index (κ1) is 12.5. The van der Waals surface area contributed by atoms with Crippen molar-refractivity contribution < 1.29 is 4.74 Å². The van der Waals surface area contributed by atoms with E-state index in [1.807, 2.05) is 6.92 Å². The monoisotopic (exact) mass is 250 g/mol. The van der Waals surface area contributed by atoms with Crippen molar-refractivity contribution in [3.63, 3.8) is 0 Å². The molecular formula is C9H12Cl2N2O2. The molecule has 0 saturated carbocycles. The molecule has 1 aromatic heterocycles. The smallest absolute Gasteiger partial charge is 0.273 e. The molecule has 0 amide bonds. The molecule has 1 heterocycles. The molecule has 0 N–H and O–H groups in total. The lowest BCUT2D eigenvalue weighted by atomic mass is 10.4. The largest absolute Gasteiger partial charge is 0.382 e. The third kappa shape index (κ3) is 3.48. The van der Waals surface area contributed by atoms with Crippen LogP contribution >= 0.6 is 23.2 Å². The average molecular weight is 251 g/mol. The molecule has 0 unspecified atom stereocenters. The summed E-state index contributed by atoms with van der Waals surface area (Å²) < 4.78 is 6.58. The van der Waals surface area contributed by atoms with Crippen LogP contribution in [0.4, 0.5) is 0 Å². The van der Waals surface area contributed by atoms with Crippen LogP contribution < -0.4 is 5.56 Å². The van der Waals surface area contributed by atoms with Crippen LogP contribution in [-0.2, 0) is 11.3 Å². The van der Waals surface area contributed by atoms with Crippen LogP contribution in [0.2, 0.25) is 10.2 Å². The van der Waals surface area contributed by atoms with Gasteiger partial charge in [0.25, 0.3) is 5.56 Å². The predicted molar refractivity (Wildman–Crippen MR) is 59.6 cm³/mol. The molecule has 0 aromatic carbocycles. The molecule has 0 aliphatic rings. The molecular weight excluding hydrogens is 239 g/mol. The maximum atomic E-state index is 11.5. The molecule has 1 rings (SSSR count). The van der Waals surface area contributed by atoms with E-state index in [2.05, 4.69) is 4.98 Å². The fourth-order valence-corrected chi connectivity index (χ4v) is 1.37. The van der Waals surface area contributed by atoms with E-state index in [1.165, 1.54) is 10.9 Å². The second-order valence-electron chi connectivity index (χ2n) is 2.90. The predicted octanol–water partition coefficient (Wildman–Crippen LogP) is 1.98. The Morgan fingerprint density at radius 2 is 2.27 bits per heavy atom. The van der Waals surface area contributed by atoms with Crippen LogP contribution in [0.3, 0.4) is 0 Å². The molecule has 0 saturated heterocycles. The van der Waals surface area contributed by atoms with E-state index in [1.54, 1.807) is 0 Å². The Labute approximate surface area is 97.8 Å². The molecule has 0 aliphatic carbocycles. The lowest BCUT2D eigenvalue weighted by Crippen LogP contribution is -2.21. The van der Waals surface area contributed by atoms with Crippen LogP contribution in [0, 0.1) is 0 Å². The first-order valence-corrected chi connectivity index (χ1v) is 5.40. The summed E-state index contributed by atoms with van der Waals surface area (Å²) in [6.07, 6.45) is 2.13. The van der Waals surface area contributed by atoms with E-state index in [9.17, 15) is 4.79 Å². The highest BCUT2D eigenvalue weighted by Gasteiger charge is 2.06. The Hall–Kier alpha value is -0.580. The number of aryl methyl sites for hydroxylation is 1. The van der Waals surface area contributed by atoms with Gasteiger partial charge in [0, 0.05) is 19.8 Å². The fraction of sp³-hybridized carbons (Fsp3) is 0.556. The highest BCUT2D eigenvalue weighted by Crippen LogP contribution is 2.12. The minimum Gasteiger partial charge on any atom is -0.382 e. The van der Waals surface area contributed by atoms with Crippen LogP contribution in [-0.4, -0.2) is 22.8 Å². The quantitative estimate of drug-likeness (QED) is 0.593. The second-order valence-corrected chi connectivity index (χ2v) is 3.63. The normalized spacial score (nSPS) is 10.6. The summed E-state index contributed by atoms with van der Waals surface area (Å²) in [5, 5.41) is 0.0123. The molecule has 84 valence electrons. The first-order chi connectivity index (χ1) is 7.16. The number of ether oxygens (including phenoxy) is 1. The van der Waals surface area contributed by atoms with Gasteiger partial charge in [-0.15, -0.1) is 0 Å². The average Bonchev–Trinajstić information content (AvgIpc) is 2.24. The van der Waals surface area contributed by atoms with Crippen LogP contribution in [0.1, 0.15) is 13.3 Å². The molecule has 1 aromatic rings. The molecule has 0 atom stereocenters. The summed E-state index contributed by atoms with van der Waals surface area (Å²) in [4.78, 5) is 15.3. The van der Waals surface area contributed by atoms with E-state index < -0.39 is 0 Å². The summed E-state index contributed by atoms with van der Waals surface area (Å²) in [6, 6.07) is 0. The van der Waals surface area contributed by atoms with Gasteiger partial charge in [-0.05, 0) is 13.3 Å². The van der Waals surface area contributed by atoms with E-state index in [4.69, 9.17) is 27.9 Å². The van der Waals surface area contributed by atoms with Gasteiger partial charge in [0.15, 0.2) is 5.15 Å². The fourth-order valence-electron chi connectivity index (χ4n) is 1.08. The van der Waals surface area contributed by atoms with Crippen LogP contribution in [0.25, 0.3) is 0 Å². The van der Waals surface area contributed by atoms with Gasteiger partial charge in [-0.3, -0.25) is 9.36 Å². The van der Waals surface area contributed by atoms with Gasteiger partial charge in [-0.25, -0.2) is 4.98 Å². The van der Waals surface area contributed by atoms with Gasteiger partial charge in [-0.1, -0.05) is 23.2 Å². The molecule has 0 aliphatic heterocycles. The molecule has 0 spiro atoms. The Balaban J connectivity index is 2.63. The van der Waals surface area contributed by atoms with Gasteiger partial charge in [-0.2, -0.15) is 0 Å². The van der Waals surface area contributed by atoms with Crippen molar-refractivity contribution in [3.8, 4) is 0 Å². The van der Waals surface area contributed by atoms with E-state index in [0.717, 1.165) is 6.42 Å². The Kier molecular flexibility index (Phi) is 5.08. The van der Waals surface area contributed by atoms with Crippen LogP contribution in [0.5, 0.6) is 0 Å². The van der Waals surface area contributed by atoms with Crippen molar-refractivity contribution in [1.29, 1.82) is 0 Å². The van der Waals surface area contributed by atoms with E-state index in [0.29, 0.717) is 19.8 Å². The van der Waals surface area contributed by atoms with Crippen molar-refractivity contribution in [2.75, 3.05) is 13.2 Å². The van der Waals surface area contributed by atoms with Crippen molar-refractivity contribution in [3.05, 3.63) is 26.9 Å². The highest BCUT2D eigenvalue weighted by molar-refractivity contribution is 6.40. The number of hydrogen-bond donors (Lipinski definition) is 0. The van der Waals surface area contributed by atoms with E-state index in [-0.39, 0.29) is 15.7 Å². The minimum absolute atomic E-state index is 0.0319. The Morgan fingerprint density at radius 1 is 1.53 bits per heavy atom. The molecule has 4 nitrogen and oxygen atoms in total. The Bertz CT molecular complexity index is 379. The number of hydrogen-bond acceptors (Lipinski definition) is 3. The number of rotatable bonds is 5. The molecule has 0 radical (unpaired) electrons. The van der Waals surface area contributed by atoms with Gasteiger partial charge in [0.2, 0.25) is 0 Å². The van der Waals surface area contributed by atoms with Crippen molar-refractivity contribution >= 4 is 23.2 Å². The van der Waals surface area contributed by atoms with Crippen LogP contribution in [0.15, 0.2) is 11.1 Å². The van der Waals surface area contributed by atoms with Gasteiger partial charge < -0.3 is 4.74 Å². The number of aromatic nitrogens is 2. The van der Waals surface area contributed by atoms with Crippen molar-refractivity contribution in [2.45, 2.75) is 19.9 Å². The summed E-state index contributed by atoms with van der Waals surface area (Å²) in [6.45, 7) is 3.74. The number of nitrogens with zero attached hydrogens (tertiary/aromatic N) is 2. The van der Waals surface area contributed by atoms with Crippen molar-refractivity contribution in [1.82, 2.24) is 9.55 Å². The summed E-state index contributed by atoms with van der Waals surface area (Å²) in [7, 11) is 0. The zero-order chi connectivity index (χ0) is 11.3. The summed E-state index contributed by atoms with van der Waals surface area (Å²) in [5.41, 5.74) is -0.312. The lowest BCUT2D eigenvalue weighted by Gasteiger charge is -2.05. The van der Waals surface area contributed by atoms with Gasteiger partial charge in [0.05, 0.1) is 6.33 Å². The summed E-state index contributed by atoms with van der Waals surface area (Å²) >= 11 is 11.3. The first-order valence-electron chi connectivity index (χ1n) is 4.65. The maximum Gasteiger partial charge on any atom is 0.273 e. The third-order valence-corrected chi connectivity index (χ3v) is 2.56. The Morgan fingerprint density at radius 3 is 2.93 bits per heavy atom.